The van der Waals surface area contributed by atoms with E-state index in [4.69, 9.17) is 9.63 Å². The van der Waals surface area contributed by atoms with Crippen LogP contribution in [0.5, 0.6) is 0 Å². The molecule has 21 heavy (non-hydrogen) atoms. The van der Waals surface area contributed by atoms with E-state index >= 15 is 0 Å². The highest BCUT2D eigenvalue weighted by atomic mass is 32.2. The Morgan fingerprint density at radius 2 is 2.33 bits per heavy atom. The van der Waals surface area contributed by atoms with Crippen molar-refractivity contribution in [2.75, 3.05) is 6.61 Å². The van der Waals surface area contributed by atoms with Crippen molar-refractivity contribution in [2.45, 2.75) is 19.2 Å². The lowest BCUT2D eigenvalue weighted by atomic mass is 10.2. The first-order valence-electron chi connectivity index (χ1n) is 6.06. The fourth-order valence-electron chi connectivity index (χ4n) is 1.63. The molecular formula is C13H14N2O4S2. The second-order valence-electron chi connectivity index (χ2n) is 4.23. The summed E-state index contributed by atoms with van der Waals surface area (Å²) in [6, 6.07) is 3.38. The Labute approximate surface area is 126 Å². The third-order valence-electron chi connectivity index (χ3n) is 2.51. The van der Waals surface area contributed by atoms with E-state index in [1.807, 2.05) is 5.38 Å². The smallest absolute Gasteiger partial charge is 0.217 e. The van der Waals surface area contributed by atoms with E-state index in [1.165, 1.54) is 11.3 Å². The van der Waals surface area contributed by atoms with Crippen LogP contribution < -0.4 is 4.72 Å². The maximum atomic E-state index is 12.0. The van der Waals surface area contributed by atoms with Gasteiger partial charge in [0.25, 0.3) is 0 Å². The first-order valence-corrected chi connectivity index (χ1v) is 8.59. The molecule has 0 radical (unpaired) electrons. The third-order valence-corrected chi connectivity index (χ3v) is 4.70. The predicted octanol–water partition coefficient (Wildman–Crippen LogP) is 1.01. The summed E-state index contributed by atoms with van der Waals surface area (Å²) in [6.45, 7) is 1.63. The fraction of sp³-hybridized carbons (Fsp3) is 0.308. The number of aliphatic hydroxyl groups excluding tert-OH is 1. The second-order valence-corrected chi connectivity index (χ2v) is 7.03. The van der Waals surface area contributed by atoms with Gasteiger partial charge in [0.2, 0.25) is 10.0 Å². The summed E-state index contributed by atoms with van der Waals surface area (Å²) < 4.78 is 31.3. The summed E-state index contributed by atoms with van der Waals surface area (Å²) in [7, 11) is -3.50. The Morgan fingerprint density at radius 3 is 3.00 bits per heavy atom. The van der Waals surface area contributed by atoms with Crippen LogP contribution in [0.2, 0.25) is 0 Å². The van der Waals surface area contributed by atoms with E-state index < -0.39 is 10.0 Å². The lowest BCUT2D eigenvalue weighted by molar-refractivity contribution is 0.350. The van der Waals surface area contributed by atoms with Crippen LogP contribution in [0.1, 0.15) is 21.9 Å². The molecule has 0 fully saturated rings. The molecule has 2 aromatic heterocycles. The zero-order valence-corrected chi connectivity index (χ0v) is 12.9. The molecule has 112 valence electrons. The zero-order valence-electron chi connectivity index (χ0n) is 11.3. The monoisotopic (exact) mass is 326 g/mol. The number of nitrogens with one attached hydrogen (secondary N) is 1. The van der Waals surface area contributed by atoms with E-state index in [2.05, 4.69) is 21.7 Å². The van der Waals surface area contributed by atoms with Crippen LogP contribution in [0, 0.1) is 18.8 Å². The van der Waals surface area contributed by atoms with Crippen LogP contribution in [-0.4, -0.2) is 25.3 Å². The molecule has 0 saturated carbocycles. The number of nitrogens with zero attached hydrogens (tertiary/aromatic N) is 1. The number of rotatable bonds is 5. The molecule has 0 aliphatic rings. The number of sulfonamides is 1. The van der Waals surface area contributed by atoms with Crippen molar-refractivity contribution in [3.63, 3.8) is 0 Å². The average Bonchev–Trinajstić information content (AvgIpc) is 3.02. The minimum absolute atomic E-state index is 0.159. The molecule has 6 nitrogen and oxygen atoms in total. The minimum atomic E-state index is -3.50. The molecule has 0 aromatic carbocycles. The van der Waals surface area contributed by atoms with Gasteiger partial charge in [-0.15, -0.1) is 11.3 Å². The molecule has 8 heteroatoms. The van der Waals surface area contributed by atoms with Gasteiger partial charge in [0.15, 0.2) is 0 Å². The highest BCUT2D eigenvalue weighted by Crippen LogP contribution is 2.16. The van der Waals surface area contributed by atoms with Crippen molar-refractivity contribution >= 4 is 21.4 Å². The van der Waals surface area contributed by atoms with E-state index in [0.717, 1.165) is 4.88 Å². The largest absolute Gasteiger partial charge is 0.384 e. The van der Waals surface area contributed by atoms with E-state index in [-0.39, 0.29) is 18.9 Å². The molecule has 0 atom stereocenters. The van der Waals surface area contributed by atoms with Crippen molar-refractivity contribution in [1.29, 1.82) is 0 Å². The molecule has 0 spiro atoms. The van der Waals surface area contributed by atoms with Crippen LogP contribution in [0.3, 0.4) is 0 Å². The van der Waals surface area contributed by atoms with Gasteiger partial charge < -0.3 is 9.63 Å². The fourth-order valence-corrected chi connectivity index (χ4v) is 3.48. The minimum Gasteiger partial charge on any atom is -0.384 e. The highest BCUT2D eigenvalue weighted by Gasteiger charge is 2.15. The van der Waals surface area contributed by atoms with E-state index in [0.29, 0.717) is 17.0 Å². The topological polar surface area (TPSA) is 92.4 Å². The maximum absolute atomic E-state index is 12.0. The molecule has 2 heterocycles. The van der Waals surface area contributed by atoms with Crippen LogP contribution >= 0.6 is 11.3 Å². The van der Waals surface area contributed by atoms with Gasteiger partial charge in [-0.05, 0) is 18.4 Å². The average molecular weight is 326 g/mol. The summed E-state index contributed by atoms with van der Waals surface area (Å²) in [4.78, 5) is 0.802. The van der Waals surface area contributed by atoms with Crippen molar-refractivity contribution in [2.24, 2.45) is 0 Å². The van der Waals surface area contributed by atoms with Crippen molar-refractivity contribution < 1.29 is 18.0 Å². The van der Waals surface area contributed by atoms with Gasteiger partial charge in [-0.3, -0.25) is 0 Å². The molecular weight excluding hydrogens is 312 g/mol. The predicted molar refractivity (Wildman–Crippen MR) is 79.0 cm³/mol. The maximum Gasteiger partial charge on any atom is 0.217 e. The van der Waals surface area contributed by atoms with Crippen molar-refractivity contribution in [3.05, 3.63) is 39.4 Å². The molecule has 2 rings (SSSR count). The Balaban J connectivity index is 2.00. The van der Waals surface area contributed by atoms with Crippen molar-refractivity contribution in [1.82, 2.24) is 9.88 Å². The molecule has 0 amide bonds. The summed E-state index contributed by atoms with van der Waals surface area (Å²) in [6.07, 6.45) is 0. The standard InChI is InChI=1S/C13H14N2O4S2/c1-10-7-12(15-19-10)9-21(17,18)14-8-13-11(3-2-5-16)4-6-20-13/h4,6-7,14,16H,5,8-9H2,1H3. The van der Waals surface area contributed by atoms with E-state index in [9.17, 15) is 8.42 Å². The quantitative estimate of drug-likeness (QED) is 0.800. The SMILES string of the molecule is Cc1cc(CS(=O)(=O)NCc2sccc2C#CCO)no1. The molecule has 0 aliphatic carbocycles. The Hall–Kier alpha value is -1.66. The summed E-state index contributed by atoms with van der Waals surface area (Å²) >= 11 is 1.41. The van der Waals surface area contributed by atoms with Gasteiger partial charge in [-0.1, -0.05) is 17.0 Å². The highest BCUT2D eigenvalue weighted by molar-refractivity contribution is 7.88. The summed E-state index contributed by atoms with van der Waals surface area (Å²) in [5, 5.41) is 14.2. The Bertz CT molecular complexity index is 765. The molecule has 0 aliphatic heterocycles. The normalized spacial score (nSPS) is 11.1. The van der Waals surface area contributed by atoms with Crippen molar-refractivity contribution in [3.8, 4) is 11.8 Å². The number of aryl methyl sites for hydroxylation is 1. The van der Waals surface area contributed by atoms with Gasteiger partial charge >= 0.3 is 0 Å². The van der Waals surface area contributed by atoms with Gasteiger partial charge in [0.05, 0.1) is 0 Å². The molecule has 0 unspecified atom stereocenters. The third kappa shape index (κ3) is 4.68. The lowest BCUT2D eigenvalue weighted by Gasteiger charge is -2.04. The molecule has 2 N–H and O–H groups in total. The van der Waals surface area contributed by atoms with Gasteiger partial charge in [0.1, 0.15) is 23.8 Å². The van der Waals surface area contributed by atoms with Crippen LogP contribution in [-0.2, 0) is 22.3 Å². The summed E-state index contributed by atoms with van der Waals surface area (Å²) in [5.41, 5.74) is 1.08. The zero-order chi connectivity index (χ0) is 15.3. The number of aromatic nitrogens is 1. The number of hydrogen-bond acceptors (Lipinski definition) is 6. The van der Waals surface area contributed by atoms with Gasteiger partial charge in [-0.2, -0.15) is 0 Å². The number of aliphatic hydroxyl groups is 1. The lowest BCUT2D eigenvalue weighted by Crippen LogP contribution is -2.24. The number of thiophene rings is 1. The molecule has 0 bridgehead atoms. The summed E-state index contributed by atoms with van der Waals surface area (Å²) in [5.74, 6) is 5.66. The first kappa shape index (κ1) is 15.7. The Kier molecular flexibility index (Phi) is 5.14. The first-order chi connectivity index (χ1) is 10.00. The molecule has 2 aromatic rings. The number of hydrogen-bond donors (Lipinski definition) is 2. The Morgan fingerprint density at radius 1 is 1.52 bits per heavy atom. The van der Waals surface area contributed by atoms with Crippen LogP contribution in [0.25, 0.3) is 0 Å². The van der Waals surface area contributed by atoms with Crippen LogP contribution in [0.4, 0.5) is 0 Å². The molecule has 0 saturated heterocycles. The van der Waals surface area contributed by atoms with Crippen LogP contribution in [0.15, 0.2) is 22.0 Å². The second kappa shape index (κ2) is 6.87. The van der Waals surface area contributed by atoms with Gasteiger partial charge in [0, 0.05) is 23.1 Å². The van der Waals surface area contributed by atoms with E-state index in [1.54, 1.807) is 19.1 Å². The van der Waals surface area contributed by atoms with Gasteiger partial charge in [-0.25, -0.2) is 13.1 Å².